The van der Waals surface area contributed by atoms with Gasteiger partial charge in [-0.15, -0.1) is 0 Å². The zero-order valence-corrected chi connectivity index (χ0v) is 14.5. The molecule has 1 N–H and O–H groups in total. The van der Waals surface area contributed by atoms with E-state index < -0.39 is 10.2 Å². The topological polar surface area (TPSA) is 52.7 Å². The normalized spacial score (nSPS) is 21.5. The van der Waals surface area contributed by atoms with Gasteiger partial charge < -0.3 is 4.90 Å². The minimum absolute atomic E-state index is 0.0882. The highest BCUT2D eigenvalue weighted by Crippen LogP contribution is 2.19. The minimum atomic E-state index is -3.40. The van der Waals surface area contributed by atoms with E-state index >= 15 is 0 Å². The van der Waals surface area contributed by atoms with Gasteiger partial charge in [-0.25, -0.2) is 0 Å². The van der Waals surface area contributed by atoms with E-state index in [9.17, 15) is 8.42 Å². The van der Waals surface area contributed by atoms with Crippen LogP contribution in [-0.2, 0) is 10.2 Å². The maximum absolute atomic E-state index is 12.5. The number of para-hydroxylation sites is 1. The Kier molecular flexibility index (Phi) is 5.83. The fourth-order valence-corrected chi connectivity index (χ4v) is 4.65. The number of hydrogen-bond donors (Lipinski definition) is 1. The van der Waals surface area contributed by atoms with Crippen molar-refractivity contribution in [3.05, 3.63) is 30.3 Å². The molecule has 124 valence electrons. The third kappa shape index (κ3) is 4.44. The van der Waals surface area contributed by atoms with Crippen LogP contribution in [0.3, 0.4) is 0 Å². The van der Waals surface area contributed by atoms with Crippen LogP contribution in [0.4, 0.5) is 5.69 Å². The number of piperidine rings is 1. The molecule has 0 aromatic heterocycles. The van der Waals surface area contributed by atoms with E-state index in [-0.39, 0.29) is 12.1 Å². The van der Waals surface area contributed by atoms with Gasteiger partial charge in [-0.05, 0) is 38.8 Å². The van der Waals surface area contributed by atoms with E-state index in [2.05, 4.69) is 9.62 Å². The zero-order valence-electron chi connectivity index (χ0n) is 13.7. The maximum atomic E-state index is 12.5. The summed E-state index contributed by atoms with van der Waals surface area (Å²) >= 11 is 0. The Labute approximate surface area is 134 Å². The van der Waals surface area contributed by atoms with Gasteiger partial charge in [0.15, 0.2) is 0 Å². The van der Waals surface area contributed by atoms with Crippen molar-refractivity contribution >= 4 is 15.9 Å². The van der Waals surface area contributed by atoms with Gasteiger partial charge in [-0.1, -0.05) is 24.6 Å². The summed E-state index contributed by atoms with van der Waals surface area (Å²) in [5.74, 6) is 0. The van der Waals surface area contributed by atoms with Crippen LogP contribution >= 0.6 is 0 Å². The molecular formula is C16H27N3O2S. The molecule has 1 aromatic rings. The summed E-state index contributed by atoms with van der Waals surface area (Å²) in [4.78, 5) is 2.06. The minimum Gasteiger partial charge on any atom is -0.373 e. The lowest BCUT2D eigenvalue weighted by molar-refractivity contribution is 0.264. The monoisotopic (exact) mass is 325 g/mol. The molecule has 1 aliphatic heterocycles. The predicted octanol–water partition coefficient (Wildman–Crippen LogP) is 2.22. The van der Waals surface area contributed by atoms with Gasteiger partial charge in [-0.2, -0.15) is 17.4 Å². The Hall–Kier alpha value is -1.11. The number of hydrogen-bond acceptors (Lipinski definition) is 3. The van der Waals surface area contributed by atoms with E-state index in [1.54, 1.807) is 4.31 Å². The molecule has 0 amide bonds. The lowest BCUT2D eigenvalue weighted by Gasteiger charge is -2.34. The van der Waals surface area contributed by atoms with Crippen molar-refractivity contribution in [3.63, 3.8) is 0 Å². The molecule has 22 heavy (non-hydrogen) atoms. The fraction of sp³-hybridized carbons (Fsp3) is 0.625. The summed E-state index contributed by atoms with van der Waals surface area (Å²) in [7, 11) is -1.43. The van der Waals surface area contributed by atoms with Gasteiger partial charge in [0, 0.05) is 37.9 Å². The second kappa shape index (κ2) is 7.44. The molecule has 1 heterocycles. The Morgan fingerprint density at radius 2 is 2.00 bits per heavy atom. The first-order valence-electron chi connectivity index (χ1n) is 7.95. The predicted molar refractivity (Wildman–Crippen MR) is 91.2 cm³/mol. The second-order valence-electron chi connectivity index (χ2n) is 6.20. The Morgan fingerprint density at radius 3 is 2.64 bits per heavy atom. The van der Waals surface area contributed by atoms with Gasteiger partial charge in [0.1, 0.15) is 0 Å². The highest BCUT2D eigenvalue weighted by Gasteiger charge is 2.30. The van der Waals surface area contributed by atoms with Gasteiger partial charge in [0.2, 0.25) is 0 Å². The molecule has 1 aliphatic rings. The molecule has 0 saturated carbocycles. The molecule has 0 aliphatic carbocycles. The maximum Gasteiger partial charge on any atom is 0.279 e. The lowest BCUT2D eigenvalue weighted by Crippen LogP contribution is -2.51. The summed E-state index contributed by atoms with van der Waals surface area (Å²) in [6, 6.07) is 9.92. The first-order valence-corrected chi connectivity index (χ1v) is 9.39. The highest BCUT2D eigenvalue weighted by atomic mass is 32.2. The average molecular weight is 325 g/mol. The molecular weight excluding hydrogens is 298 g/mol. The van der Waals surface area contributed by atoms with Crippen molar-refractivity contribution in [2.75, 3.05) is 25.0 Å². The molecule has 0 unspecified atom stereocenters. The quantitative estimate of drug-likeness (QED) is 0.872. The summed E-state index contributed by atoms with van der Waals surface area (Å²) in [6.07, 6.45) is 3.00. The van der Waals surface area contributed by atoms with Crippen molar-refractivity contribution in [2.45, 2.75) is 45.2 Å². The van der Waals surface area contributed by atoms with Gasteiger partial charge >= 0.3 is 0 Å². The fourth-order valence-electron chi connectivity index (χ4n) is 2.99. The second-order valence-corrected chi connectivity index (χ2v) is 7.85. The number of nitrogens with one attached hydrogen (secondary N) is 1. The average Bonchev–Trinajstić information content (AvgIpc) is 2.47. The molecule has 0 radical (unpaired) electrons. The molecule has 1 fully saturated rings. The van der Waals surface area contributed by atoms with Crippen molar-refractivity contribution in [1.29, 1.82) is 0 Å². The standard InChI is InChI=1S/C16H27N3O2S/c1-14(13-18(3)16-10-5-4-6-11-16)17-22(20,21)19-12-8-7-9-15(19)2/h4-6,10-11,14-15,17H,7-9,12-13H2,1-3H3/t14-,15-/m1/s1. The SMILES string of the molecule is C[C@H](CN(C)c1ccccc1)NS(=O)(=O)N1CCCC[C@H]1C. The van der Waals surface area contributed by atoms with Crippen molar-refractivity contribution in [3.8, 4) is 0 Å². The molecule has 2 rings (SSSR count). The van der Waals surface area contributed by atoms with E-state index in [0.29, 0.717) is 13.1 Å². The Balaban J connectivity index is 1.94. The van der Waals surface area contributed by atoms with E-state index in [4.69, 9.17) is 0 Å². The van der Waals surface area contributed by atoms with E-state index in [1.807, 2.05) is 51.2 Å². The van der Waals surface area contributed by atoms with Crippen LogP contribution in [0.15, 0.2) is 30.3 Å². The number of benzene rings is 1. The molecule has 1 saturated heterocycles. The first kappa shape index (κ1) is 17.2. The van der Waals surface area contributed by atoms with Crippen LogP contribution in [0, 0.1) is 0 Å². The Morgan fingerprint density at radius 1 is 1.32 bits per heavy atom. The van der Waals surface area contributed by atoms with E-state index in [1.165, 1.54) is 0 Å². The molecule has 0 bridgehead atoms. The van der Waals surface area contributed by atoms with Crippen LogP contribution in [0.2, 0.25) is 0 Å². The van der Waals surface area contributed by atoms with Crippen molar-refractivity contribution in [1.82, 2.24) is 9.03 Å². The Bertz CT molecular complexity index is 562. The highest BCUT2D eigenvalue weighted by molar-refractivity contribution is 7.87. The number of rotatable bonds is 6. The smallest absolute Gasteiger partial charge is 0.279 e. The van der Waals surface area contributed by atoms with E-state index in [0.717, 1.165) is 24.9 Å². The van der Waals surface area contributed by atoms with Gasteiger partial charge in [0.25, 0.3) is 10.2 Å². The van der Waals surface area contributed by atoms with Crippen LogP contribution in [0.25, 0.3) is 0 Å². The number of nitrogens with zero attached hydrogens (tertiary/aromatic N) is 2. The third-order valence-electron chi connectivity index (χ3n) is 4.15. The van der Waals surface area contributed by atoms with Crippen LogP contribution in [0.1, 0.15) is 33.1 Å². The number of likely N-dealkylation sites (N-methyl/N-ethyl adjacent to an activating group) is 1. The summed E-state index contributed by atoms with van der Waals surface area (Å²) in [5, 5.41) is 0. The van der Waals surface area contributed by atoms with Crippen molar-refractivity contribution < 1.29 is 8.42 Å². The molecule has 0 spiro atoms. The summed E-state index contributed by atoms with van der Waals surface area (Å²) in [5.41, 5.74) is 1.08. The lowest BCUT2D eigenvalue weighted by atomic mass is 10.1. The van der Waals surface area contributed by atoms with Crippen LogP contribution in [-0.4, -0.2) is 44.9 Å². The van der Waals surface area contributed by atoms with Crippen molar-refractivity contribution in [2.24, 2.45) is 0 Å². The molecule has 2 atom stereocenters. The van der Waals surface area contributed by atoms with Crippen LogP contribution in [0.5, 0.6) is 0 Å². The first-order chi connectivity index (χ1) is 10.4. The summed E-state index contributed by atoms with van der Waals surface area (Å²) in [6.45, 7) is 5.15. The third-order valence-corrected chi connectivity index (χ3v) is 6.01. The van der Waals surface area contributed by atoms with Crippen LogP contribution < -0.4 is 9.62 Å². The largest absolute Gasteiger partial charge is 0.373 e. The molecule has 5 nitrogen and oxygen atoms in total. The van der Waals surface area contributed by atoms with Gasteiger partial charge in [-0.3, -0.25) is 0 Å². The van der Waals surface area contributed by atoms with Gasteiger partial charge in [0.05, 0.1) is 0 Å². The molecule has 6 heteroatoms. The summed E-state index contributed by atoms with van der Waals surface area (Å²) < 4.78 is 29.5. The number of anilines is 1. The molecule has 1 aromatic carbocycles. The zero-order chi connectivity index (χ0) is 16.2.